The van der Waals surface area contributed by atoms with Crippen LogP contribution < -0.4 is 0 Å². The Hall–Kier alpha value is -6.35. The van der Waals surface area contributed by atoms with Crippen molar-refractivity contribution < 1.29 is 33.5 Å². The topological polar surface area (TPSA) is 149 Å². The third-order valence-corrected chi connectivity index (χ3v) is 15.0. The Kier molecular flexibility index (Phi) is 20.3. The molecule has 2 aromatic carbocycles. The van der Waals surface area contributed by atoms with Crippen molar-refractivity contribution >= 4 is 70.4 Å². The molecular weight excluding hydrogens is 1030 g/mol. The second-order valence-corrected chi connectivity index (χ2v) is 23.1. The van der Waals surface area contributed by atoms with E-state index >= 15 is 0 Å². The summed E-state index contributed by atoms with van der Waals surface area (Å²) in [4.78, 5) is 73.5. The zero-order valence-electron chi connectivity index (χ0n) is 45.3. The molecule has 5 aromatic rings. The molecule has 2 aliphatic carbocycles. The minimum atomic E-state index is -0.518. The Morgan fingerprint density at radius 2 is 1.09 bits per heavy atom. The van der Waals surface area contributed by atoms with Crippen molar-refractivity contribution in [3.05, 3.63) is 146 Å². The fourth-order valence-electron chi connectivity index (χ4n) is 10.9. The second kappa shape index (κ2) is 26.1. The number of allylic oxidation sites excluding steroid dienone is 2. The number of imidazole rings is 1. The average Bonchev–Trinajstić information content (AvgIpc) is 3.84. The summed E-state index contributed by atoms with van der Waals surface area (Å²) in [5, 5.41) is 2.60. The highest BCUT2D eigenvalue weighted by Gasteiger charge is 2.38. The molecule has 5 heterocycles. The first-order valence-electron chi connectivity index (χ1n) is 26.3. The quantitative estimate of drug-likeness (QED) is 0.0977. The highest BCUT2D eigenvalue weighted by Crippen LogP contribution is 2.47. The summed E-state index contributed by atoms with van der Waals surface area (Å²) < 4.78 is 13.0. The number of ether oxygens (including phenoxy) is 2. The van der Waals surface area contributed by atoms with E-state index < -0.39 is 11.2 Å². The van der Waals surface area contributed by atoms with Crippen LogP contribution in [0.4, 0.5) is 9.59 Å². The number of pyridine rings is 2. The van der Waals surface area contributed by atoms with Gasteiger partial charge in [0, 0.05) is 93.6 Å². The number of aromatic nitrogens is 4. The molecule has 0 spiro atoms. The van der Waals surface area contributed by atoms with E-state index in [1.807, 2.05) is 107 Å². The van der Waals surface area contributed by atoms with Gasteiger partial charge in [-0.25, -0.2) is 19.6 Å². The summed E-state index contributed by atoms with van der Waals surface area (Å²) in [6.07, 6.45) is 16.1. The van der Waals surface area contributed by atoms with E-state index in [1.165, 1.54) is 23.3 Å². The number of hydroxylamine groups is 2. The molecule has 3 amide bonds. The molecule has 418 valence electrons. The Morgan fingerprint density at radius 3 is 1.49 bits per heavy atom. The van der Waals surface area contributed by atoms with Gasteiger partial charge in [0.2, 0.25) is 5.91 Å². The second-order valence-electron chi connectivity index (χ2n) is 22.2. The summed E-state index contributed by atoms with van der Waals surface area (Å²) in [6.45, 7) is 13.9. The first kappa shape index (κ1) is 60.9. The van der Waals surface area contributed by atoms with Crippen LogP contribution in [0.25, 0.3) is 23.3 Å². The van der Waals surface area contributed by atoms with Gasteiger partial charge in [-0.2, -0.15) is 0 Å². The lowest BCUT2D eigenvalue weighted by Gasteiger charge is -2.37. The zero-order chi connectivity index (χ0) is 54.5. The molecular formula is C62H79Cl2N7O7. The van der Waals surface area contributed by atoms with Crippen molar-refractivity contribution in [2.75, 3.05) is 40.3 Å². The maximum absolute atomic E-state index is 12.9. The van der Waals surface area contributed by atoms with E-state index in [0.717, 1.165) is 70.5 Å². The molecule has 2 atom stereocenters. The number of carbonyl (C=O) groups excluding carboxylic acids is 4. The number of benzene rings is 2. The van der Waals surface area contributed by atoms with Crippen LogP contribution in [0.15, 0.2) is 85.6 Å². The lowest BCUT2D eigenvalue weighted by molar-refractivity contribution is -0.168. The van der Waals surface area contributed by atoms with E-state index in [-0.39, 0.29) is 50.6 Å². The maximum atomic E-state index is 12.9. The van der Waals surface area contributed by atoms with Gasteiger partial charge >= 0.3 is 12.2 Å². The maximum Gasteiger partial charge on any atom is 0.410 e. The molecule has 9 rings (SSSR count). The number of halogens is 2. The van der Waals surface area contributed by atoms with Crippen molar-refractivity contribution in [2.24, 2.45) is 18.9 Å². The molecule has 14 nitrogen and oxygen atoms in total. The monoisotopic (exact) mass is 1100 g/mol. The van der Waals surface area contributed by atoms with Crippen LogP contribution in [0.1, 0.15) is 175 Å². The highest BCUT2D eigenvalue weighted by atomic mass is 35.5. The predicted molar refractivity (Wildman–Crippen MR) is 311 cm³/mol. The van der Waals surface area contributed by atoms with Crippen LogP contribution >= 0.6 is 23.2 Å². The molecule has 2 aliphatic heterocycles. The molecule has 0 N–H and O–H groups in total. The first-order chi connectivity index (χ1) is 36.2. The van der Waals surface area contributed by atoms with Crippen molar-refractivity contribution in [3.8, 4) is 0 Å². The van der Waals surface area contributed by atoms with Gasteiger partial charge in [0.05, 0.1) is 24.8 Å². The summed E-state index contributed by atoms with van der Waals surface area (Å²) in [6, 6.07) is 20.2. The molecule has 0 bridgehead atoms. The number of ketones is 1. The number of piperidine rings is 2. The van der Waals surface area contributed by atoms with Gasteiger partial charge in [-0.05, 0) is 173 Å². The fourth-order valence-corrected chi connectivity index (χ4v) is 11.3. The van der Waals surface area contributed by atoms with Crippen molar-refractivity contribution in [2.45, 2.75) is 131 Å². The number of nitrogens with zero attached hydrogens (tertiary/aromatic N) is 7. The van der Waals surface area contributed by atoms with E-state index in [0.29, 0.717) is 79.4 Å². The van der Waals surface area contributed by atoms with Crippen LogP contribution in [0.5, 0.6) is 0 Å². The predicted octanol–water partition coefficient (Wildman–Crippen LogP) is 14.2. The number of Topliss-reactive ketones (excluding diaryl/α,β-unsaturated/α-hetero) is 1. The van der Waals surface area contributed by atoms with Crippen LogP contribution in [-0.2, 0) is 26.2 Å². The van der Waals surface area contributed by atoms with Crippen molar-refractivity contribution in [1.29, 1.82) is 0 Å². The SMILES string of the molecule is C.C.CON(C)C(=O)CCC1=Cc2cc(Cl)ccc2C(C2CCN(C(=O)OC(C)(C)C)CC2)c2ncccc21.Cn1cnc(C(=O)CCC2=Cc3cc(Cl)ccc3C(C3CCN(C(=O)OC(C)(C)C)CC3)c3ncccc32)c1. The van der Waals surface area contributed by atoms with Crippen LogP contribution in [0, 0.1) is 11.8 Å². The molecule has 3 aromatic heterocycles. The van der Waals surface area contributed by atoms with Crippen LogP contribution in [0.3, 0.4) is 0 Å². The van der Waals surface area contributed by atoms with E-state index in [2.05, 4.69) is 41.4 Å². The summed E-state index contributed by atoms with van der Waals surface area (Å²) >= 11 is 12.9. The molecule has 2 unspecified atom stereocenters. The number of likely N-dealkylation sites (tertiary alicyclic amines) is 2. The molecule has 2 fully saturated rings. The van der Waals surface area contributed by atoms with E-state index in [1.54, 1.807) is 24.1 Å². The summed E-state index contributed by atoms with van der Waals surface area (Å²) in [5.74, 6) is 0.616. The molecule has 4 aliphatic rings. The van der Waals surface area contributed by atoms with Gasteiger partial charge in [0.1, 0.15) is 16.9 Å². The van der Waals surface area contributed by atoms with Gasteiger partial charge in [0.15, 0.2) is 5.78 Å². The number of rotatable bonds is 10. The van der Waals surface area contributed by atoms with E-state index in [4.69, 9.17) is 47.5 Å². The van der Waals surface area contributed by atoms with Gasteiger partial charge in [0.25, 0.3) is 0 Å². The zero-order valence-corrected chi connectivity index (χ0v) is 46.8. The smallest absolute Gasteiger partial charge is 0.410 e. The van der Waals surface area contributed by atoms with Crippen molar-refractivity contribution in [1.82, 2.24) is 34.4 Å². The van der Waals surface area contributed by atoms with Crippen molar-refractivity contribution in [3.63, 3.8) is 0 Å². The Balaban J connectivity index is 0.000000246. The molecule has 78 heavy (non-hydrogen) atoms. The summed E-state index contributed by atoms with van der Waals surface area (Å²) in [7, 11) is 4.96. The largest absolute Gasteiger partial charge is 0.444 e. The van der Waals surface area contributed by atoms with Gasteiger partial charge in [-0.15, -0.1) is 0 Å². The number of amides is 3. The van der Waals surface area contributed by atoms with Gasteiger partial charge < -0.3 is 23.8 Å². The highest BCUT2D eigenvalue weighted by molar-refractivity contribution is 6.31. The number of hydrogen-bond donors (Lipinski definition) is 0. The molecule has 2 saturated heterocycles. The summed E-state index contributed by atoms with van der Waals surface area (Å²) in [5.41, 5.74) is 10.2. The fraction of sp³-hybridized carbons (Fsp3) is 0.468. The number of hydrogen-bond acceptors (Lipinski definition) is 10. The minimum Gasteiger partial charge on any atom is -0.444 e. The van der Waals surface area contributed by atoms with Crippen LogP contribution in [0.2, 0.25) is 10.0 Å². The normalized spacial score (nSPS) is 17.3. The first-order valence-corrected chi connectivity index (χ1v) is 27.1. The van der Waals surface area contributed by atoms with Gasteiger partial charge in [-0.1, -0.05) is 74.5 Å². The lowest BCUT2D eigenvalue weighted by Crippen LogP contribution is -2.42. The van der Waals surface area contributed by atoms with Crippen LogP contribution in [-0.4, -0.2) is 110 Å². The minimum absolute atomic E-state index is 0. The average molecular weight is 1110 g/mol. The Morgan fingerprint density at radius 1 is 0.654 bits per heavy atom. The van der Waals surface area contributed by atoms with Gasteiger partial charge in [-0.3, -0.25) is 24.4 Å². The molecule has 0 saturated carbocycles. The standard InChI is InChI=1S/C31H35ClN4O3.C29H36ClN3O4.2CH4/c1-31(2,3)39-30(38)36-14-11-20(12-15-36)28-24-9-8-23(32)17-22(24)16-21(25-6-5-13-33-29(25)28)7-10-27(37)26-18-35(4)19-34-26;1-29(2,3)37-28(35)33-15-12-19(13-16-33)26-23-10-9-22(30)18-21(23)17-20(8-11-25(34)32(4)36-5)24-7-6-14-31-27(24)26;;/h5-6,8-9,13,16-20,28H,7,10-12,14-15H2,1-4H3;6-7,9-10,14,17-19,26H,8,11-13,15-16H2,1-5H3;2*1H4. The number of carbonyl (C=O) groups is 4. The lowest BCUT2D eigenvalue weighted by atomic mass is 9.76. The molecule has 16 heteroatoms. The van der Waals surface area contributed by atoms with E-state index in [9.17, 15) is 19.2 Å². The third-order valence-electron chi connectivity index (χ3n) is 14.6. The third kappa shape index (κ3) is 14.9. The number of fused-ring (bicyclic) bond motifs is 4. The number of aryl methyl sites for hydroxylation is 1. The Labute approximate surface area is 472 Å². The Bertz CT molecular complexity index is 2990. The molecule has 0 radical (unpaired) electrons.